The first-order valence-corrected chi connectivity index (χ1v) is 8.34. The lowest BCUT2D eigenvalue weighted by molar-refractivity contribution is -0.129. The molecular weight excluding hydrogens is 319 g/mol. The largest absolute Gasteiger partial charge is 0.491 e. The average molecular weight is 340 g/mol. The van der Waals surface area contributed by atoms with E-state index in [4.69, 9.17) is 4.74 Å². The van der Waals surface area contributed by atoms with Crippen LogP contribution in [0.3, 0.4) is 0 Å². The lowest BCUT2D eigenvalue weighted by atomic mass is 10.0. The first-order valence-electron chi connectivity index (χ1n) is 8.34. The number of fused-ring (bicyclic) bond motifs is 1. The number of aliphatic imine (C=N–C) groups is 1. The van der Waals surface area contributed by atoms with E-state index < -0.39 is 5.82 Å². The van der Waals surface area contributed by atoms with Crippen molar-refractivity contribution < 1.29 is 13.9 Å². The highest BCUT2D eigenvalue weighted by Gasteiger charge is 2.16. The molecule has 2 aromatic rings. The fourth-order valence-electron chi connectivity index (χ4n) is 2.93. The zero-order valence-corrected chi connectivity index (χ0v) is 14.5. The van der Waals surface area contributed by atoms with Gasteiger partial charge in [0.25, 0.3) is 0 Å². The van der Waals surface area contributed by atoms with Crippen molar-refractivity contribution in [3.05, 3.63) is 64.5 Å². The Balaban J connectivity index is 1.67. The van der Waals surface area contributed by atoms with Gasteiger partial charge in [0.15, 0.2) is 11.6 Å². The number of benzene rings is 2. The van der Waals surface area contributed by atoms with E-state index in [1.54, 1.807) is 31.0 Å². The van der Waals surface area contributed by atoms with Gasteiger partial charge in [0, 0.05) is 19.8 Å². The third-order valence-electron chi connectivity index (χ3n) is 4.27. The average Bonchev–Trinajstić information content (AvgIpc) is 3.08. The number of hydrogen-bond acceptors (Lipinski definition) is 3. The highest BCUT2D eigenvalue weighted by molar-refractivity contribution is 5.85. The molecule has 130 valence electrons. The van der Waals surface area contributed by atoms with Gasteiger partial charge in [0.05, 0.1) is 19.6 Å². The van der Waals surface area contributed by atoms with Gasteiger partial charge in [-0.3, -0.25) is 9.79 Å². The minimum absolute atomic E-state index is 0.0226. The van der Waals surface area contributed by atoms with Crippen LogP contribution in [0.15, 0.2) is 41.4 Å². The van der Waals surface area contributed by atoms with Crippen LogP contribution in [-0.4, -0.2) is 30.7 Å². The van der Waals surface area contributed by atoms with Crippen molar-refractivity contribution in [2.75, 3.05) is 13.7 Å². The standard InChI is InChI=1S/C20H21FN2O2/c1-3-25-19-9-14(7-8-18(19)21)10-20(24)23(2)13-16-6-4-5-15-11-22-12-17(15)16/h4-9,11H,3,10,12-13H2,1-2H3. The summed E-state index contributed by atoms with van der Waals surface area (Å²) in [6.07, 6.45) is 2.08. The molecule has 1 amide bonds. The van der Waals surface area contributed by atoms with Crippen LogP contribution in [0.1, 0.15) is 29.2 Å². The van der Waals surface area contributed by atoms with Gasteiger partial charge in [-0.25, -0.2) is 4.39 Å². The zero-order chi connectivity index (χ0) is 17.8. The zero-order valence-electron chi connectivity index (χ0n) is 14.5. The summed E-state index contributed by atoms with van der Waals surface area (Å²) in [5, 5.41) is 0. The molecule has 0 aromatic heterocycles. The molecule has 0 bridgehead atoms. The van der Waals surface area contributed by atoms with Crippen LogP contribution in [0.2, 0.25) is 0 Å². The minimum Gasteiger partial charge on any atom is -0.491 e. The summed E-state index contributed by atoms with van der Waals surface area (Å²) in [6.45, 7) is 3.39. The van der Waals surface area contributed by atoms with Crippen LogP contribution in [0, 0.1) is 5.82 Å². The Morgan fingerprint density at radius 1 is 1.32 bits per heavy atom. The predicted molar refractivity (Wildman–Crippen MR) is 95.5 cm³/mol. The fraction of sp³-hybridized carbons (Fsp3) is 0.300. The van der Waals surface area contributed by atoms with Gasteiger partial charge in [-0.1, -0.05) is 24.3 Å². The third kappa shape index (κ3) is 3.87. The molecule has 2 aromatic carbocycles. The van der Waals surface area contributed by atoms with Gasteiger partial charge in [-0.15, -0.1) is 0 Å². The lowest BCUT2D eigenvalue weighted by Gasteiger charge is -2.19. The van der Waals surface area contributed by atoms with Gasteiger partial charge in [-0.2, -0.15) is 0 Å². The van der Waals surface area contributed by atoms with Crippen molar-refractivity contribution >= 4 is 12.1 Å². The smallest absolute Gasteiger partial charge is 0.227 e. The van der Waals surface area contributed by atoms with Gasteiger partial charge in [0.2, 0.25) is 5.91 Å². The quantitative estimate of drug-likeness (QED) is 0.809. The number of halogens is 1. The molecule has 0 radical (unpaired) electrons. The Hall–Kier alpha value is -2.69. The van der Waals surface area contributed by atoms with Crippen LogP contribution in [0.4, 0.5) is 4.39 Å². The van der Waals surface area contributed by atoms with E-state index in [1.165, 1.54) is 11.6 Å². The van der Waals surface area contributed by atoms with Gasteiger partial charge < -0.3 is 9.64 Å². The molecule has 25 heavy (non-hydrogen) atoms. The molecule has 0 N–H and O–H groups in total. The second kappa shape index (κ2) is 7.47. The molecule has 1 aliphatic rings. The number of likely N-dealkylation sites (N-methyl/N-ethyl adjacent to an activating group) is 1. The molecule has 4 nitrogen and oxygen atoms in total. The van der Waals surface area contributed by atoms with Crippen molar-refractivity contribution in [1.82, 2.24) is 4.90 Å². The molecule has 0 aliphatic carbocycles. The second-order valence-corrected chi connectivity index (χ2v) is 6.08. The van der Waals surface area contributed by atoms with E-state index >= 15 is 0 Å². The van der Waals surface area contributed by atoms with Gasteiger partial charge in [-0.05, 0) is 41.3 Å². The van der Waals surface area contributed by atoms with Crippen molar-refractivity contribution in [2.24, 2.45) is 4.99 Å². The Morgan fingerprint density at radius 2 is 2.16 bits per heavy atom. The fourth-order valence-corrected chi connectivity index (χ4v) is 2.93. The number of nitrogens with zero attached hydrogens (tertiary/aromatic N) is 2. The summed E-state index contributed by atoms with van der Waals surface area (Å²) in [5.41, 5.74) is 4.16. The van der Waals surface area contributed by atoms with Crippen molar-refractivity contribution in [1.29, 1.82) is 0 Å². The Kier molecular flexibility index (Phi) is 5.12. The Labute approximate surface area is 146 Å². The van der Waals surface area contributed by atoms with E-state index in [9.17, 15) is 9.18 Å². The van der Waals surface area contributed by atoms with E-state index in [2.05, 4.69) is 4.99 Å². The molecule has 0 saturated carbocycles. The molecule has 3 rings (SSSR count). The maximum atomic E-state index is 13.6. The highest BCUT2D eigenvalue weighted by atomic mass is 19.1. The van der Waals surface area contributed by atoms with Crippen LogP contribution in [0.5, 0.6) is 5.75 Å². The summed E-state index contributed by atoms with van der Waals surface area (Å²) in [5.74, 6) is -0.245. The molecular formula is C20H21FN2O2. The predicted octanol–water partition coefficient (Wildman–Crippen LogP) is 3.36. The molecule has 1 aliphatic heterocycles. The summed E-state index contributed by atoms with van der Waals surface area (Å²) >= 11 is 0. The van der Waals surface area contributed by atoms with E-state index in [1.807, 2.05) is 24.4 Å². The van der Waals surface area contributed by atoms with E-state index in [0.717, 1.165) is 16.7 Å². The number of ether oxygens (including phenoxy) is 1. The third-order valence-corrected chi connectivity index (χ3v) is 4.27. The Morgan fingerprint density at radius 3 is 2.96 bits per heavy atom. The van der Waals surface area contributed by atoms with E-state index in [-0.39, 0.29) is 18.1 Å². The van der Waals surface area contributed by atoms with Gasteiger partial charge >= 0.3 is 0 Å². The van der Waals surface area contributed by atoms with Gasteiger partial charge in [0.1, 0.15) is 0 Å². The first-order chi connectivity index (χ1) is 12.1. The first kappa shape index (κ1) is 17.1. The summed E-state index contributed by atoms with van der Waals surface area (Å²) in [4.78, 5) is 18.5. The van der Waals surface area contributed by atoms with Crippen LogP contribution < -0.4 is 4.74 Å². The van der Waals surface area contributed by atoms with Crippen molar-refractivity contribution in [3.63, 3.8) is 0 Å². The normalized spacial score (nSPS) is 12.1. The maximum absolute atomic E-state index is 13.6. The molecule has 0 atom stereocenters. The molecule has 0 fully saturated rings. The van der Waals surface area contributed by atoms with Crippen LogP contribution >= 0.6 is 0 Å². The minimum atomic E-state index is -0.411. The van der Waals surface area contributed by atoms with E-state index in [0.29, 0.717) is 19.7 Å². The molecule has 0 saturated heterocycles. The van der Waals surface area contributed by atoms with Crippen molar-refractivity contribution in [3.8, 4) is 5.75 Å². The molecule has 0 unspecified atom stereocenters. The summed E-state index contributed by atoms with van der Waals surface area (Å²) < 4.78 is 18.9. The summed E-state index contributed by atoms with van der Waals surface area (Å²) in [7, 11) is 1.78. The number of carbonyl (C=O) groups is 1. The second-order valence-electron chi connectivity index (χ2n) is 6.08. The topological polar surface area (TPSA) is 41.9 Å². The summed E-state index contributed by atoms with van der Waals surface area (Å²) in [6, 6.07) is 10.6. The van der Waals surface area contributed by atoms with Crippen LogP contribution in [-0.2, 0) is 24.3 Å². The maximum Gasteiger partial charge on any atom is 0.227 e. The number of hydrogen-bond donors (Lipinski definition) is 0. The van der Waals surface area contributed by atoms with Crippen molar-refractivity contribution in [2.45, 2.75) is 26.4 Å². The highest BCUT2D eigenvalue weighted by Crippen LogP contribution is 2.22. The number of amides is 1. The lowest BCUT2D eigenvalue weighted by Crippen LogP contribution is -2.28. The van der Waals surface area contributed by atoms with Crippen LogP contribution in [0.25, 0.3) is 0 Å². The number of carbonyl (C=O) groups excluding carboxylic acids is 1. The number of rotatable bonds is 6. The molecule has 5 heteroatoms. The molecule has 1 heterocycles. The Bertz CT molecular complexity index is 817. The monoisotopic (exact) mass is 340 g/mol. The SMILES string of the molecule is CCOc1cc(CC(=O)N(C)Cc2cccc3c2CN=C3)ccc1F. The molecule has 0 spiro atoms.